The highest BCUT2D eigenvalue weighted by atomic mass is 35.5. The van der Waals surface area contributed by atoms with Gasteiger partial charge in [-0.25, -0.2) is 0 Å². The van der Waals surface area contributed by atoms with E-state index in [2.05, 4.69) is 5.32 Å². The van der Waals surface area contributed by atoms with Gasteiger partial charge in [-0.1, -0.05) is 11.6 Å². The number of hydrogen-bond donors (Lipinski definition) is 1. The number of amides is 1. The number of carbonyl (C=O) groups excluding carboxylic acids is 2. The number of anilines is 1. The van der Waals surface area contributed by atoms with Crippen LogP contribution >= 0.6 is 11.6 Å². The molecule has 0 aromatic heterocycles. The van der Waals surface area contributed by atoms with E-state index >= 15 is 0 Å². The minimum Gasteiger partial charge on any atom is -0.326 e. The Kier molecular flexibility index (Phi) is 3.48. The summed E-state index contributed by atoms with van der Waals surface area (Å²) in [5, 5.41) is 3.15. The van der Waals surface area contributed by atoms with Crippen molar-refractivity contribution in [1.29, 1.82) is 0 Å². The molecular formula is C11H12ClNO2. The first kappa shape index (κ1) is 11.7. The number of nitrogens with one attached hydrogen (secondary N) is 1. The van der Waals surface area contributed by atoms with Gasteiger partial charge >= 0.3 is 0 Å². The molecule has 3 nitrogen and oxygen atoms in total. The van der Waals surface area contributed by atoms with Crippen LogP contribution in [0.4, 0.5) is 5.69 Å². The number of rotatable bonds is 2. The lowest BCUT2D eigenvalue weighted by atomic mass is 10.0. The molecule has 0 radical (unpaired) electrons. The van der Waals surface area contributed by atoms with Crippen LogP contribution in [0, 0.1) is 13.8 Å². The van der Waals surface area contributed by atoms with E-state index in [4.69, 9.17) is 11.6 Å². The molecule has 1 amide bonds. The highest BCUT2D eigenvalue weighted by Crippen LogP contribution is 2.29. The molecule has 0 fully saturated rings. The first-order valence-electron chi connectivity index (χ1n) is 4.49. The van der Waals surface area contributed by atoms with Crippen molar-refractivity contribution in [3.05, 3.63) is 27.8 Å². The second-order valence-corrected chi connectivity index (χ2v) is 3.78. The molecule has 1 N–H and O–H groups in total. The van der Waals surface area contributed by atoms with Crippen LogP contribution in [0.3, 0.4) is 0 Å². The van der Waals surface area contributed by atoms with Gasteiger partial charge in [0.2, 0.25) is 5.91 Å². The van der Waals surface area contributed by atoms with Gasteiger partial charge in [0.15, 0.2) is 0 Å². The molecule has 4 heteroatoms. The third kappa shape index (κ3) is 2.36. The van der Waals surface area contributed by atoms with Crippen LogP contribution in [0.15, 0.2) is 6.07 Å². The normalized spacial score (nSPS) is 9.87. The number of hydrogen-bond acceptors (Lipinski definition) is 2. The van der Waals surface area contributed by atoms with Gasteiger partial charge in [0, 0.05) is 23.2 Å². The van der Waals surface area contributed by atoms with Gasteiger partial charge in [0.05, 0.1) is 0 Å². The molecule has 0 saturated carbocycles. The van der Waals surface area contributed by atoms with E-state index in [0.717, 1.165) is 17.4 Å². The summed E-state index contributed by atoms with van der Waals surface area (Å²) in [6.45, 7) is 4.99. The van der Waals surface area contributed by atoms with Gasteiger partial charge < -0.3 is 5.32 Å². The molecule has 0 aliphatic rings. The monoisotopic (exact) mass is 225 g/mol. The molecule has 0 bridgehead atoms. The largest absolute Gasteiger partial charge is 0.326 e. The third-order valence-electron chi connectivity index (χ3n) is 2.25. The molecular weight excluding hydrogens is 214 g/mol. The molecule has 0 heterocycles. The Hall–Kier alpha value is -1.35. The average Bonchev–Trinajstić information content (AvgIpc) is 2.18. The van der Waals surface area contributed by atoms with Gasteiger partial charge in [-0.2, -0.15) is 0 Å². The Morgan fingerprint density at radius 1 is 1.40 bits per heavy atom. The van der Waals surface area contributed by atoms with Crippen molar-refractivity contribution in [2.75, 3.05) is 5.32 Å². The second kappa shape index (κ2) is 4.45. The fourth-order valence-electron chi connectivity index (χ4n) is 1.38. The summed E-state index contributed by atoms with van der Waals surface area (Å²) in [5.41, 5.74) is 2.63. The Morgan fingerprint density at radius 3 is 2.47 bits per heavy atom. The van der Waals surface area contributed by atoms with Crippen molar-refractivity contribution < 1.29 is 9.59 Å². The van der Waals surface area contributed by atoms with Gasteiger partial charge in [-0.15, -0.1) is 0 Å². The molecule has 0 unspecified atom stereocenters. The molecule has 0 aliphatic heterocycles. The van der Waals surface area contributed by atoms with Crippen molar-refractivity contribution in [3.63, 3.8) is 0 Å². The highest BCUT2D eigenvalue weighted by molar-refractivity contribution is 6.32. The van der Waals surface area contributed by atoms with E-state index in [9.17, 15) is 9.59 Å². The van der Waals surface area contributed by atoms with E-state index in [-0.39, 0.29) is 5.91 Å². The van der Waals surface area contributed by atoms with Crippen LogP contribution in [0.5, 0.6) is 0 Å². The van der Waals surface area contributed by atoms with Gasteiger partial charge in [-0.05, 0) is 31.0 Å². The van der Waals surface area contributed by atoms with E-state index in [1.807, 2.05) is 0 Å². The van der Waals surface area contributed by atoms with E-state index in [0.29, 0.717) is 16.3 Å². The van der Waals surface area contributed by atoms with Gasteiger partial charge in [-0.3, -0.25) is 9.59 Å². The molecule has 0 aliphatic carbocycles. The first-order chi connectivity index (χ1) is 6.97. The van der Waals surface area contributed by atoms with Crippen molar-refractivity contribution in [2.45, 2.75) is 20.8 Å². The summed E-state index contributed by atoms with van der Waals surface area (Å²) in [5.74, 6) is -0.180. The molecule has 1 aromatic rings. The Labute approximate surface area is 93.4 Å². The SMILES string of the molecule is CC(=O)Nc1c(C)c(Cl)cc(C=O)c1C. The van der Waals surface area contributed by atoms with Crippen LogP contribution < -0.4 is 5.32 Å². The number of carbonyl (C=O) groups is 2. The summed E-state index contributed by atoms with van der Waals surface area (Å²) in [4.78, 5) is 21.7. The molecule has 15 heavy (non-hydrogen) atoms. The summed E-state index contributed by atoms with van der Waals surface area (Å²) < 4.78 is 0. The maximum absolute atomic E-state index is 11.0. The van der Waals surface area contributed by atoms with Crippen LogP contribution in [0.1, 0.15) is 28.4 Å². The Morgan fingerprint density at radius 2 is 2.00 bits per heavy atom. The lowest BCUT2D eigenvalue weighted by molar-refractivity contribution is -0.114. The summed E-state index contributed by atoms with van der Waals surface area (Å²) in [7, 11) is 0. The summed E-state index contributed by atoms with van der Waals surface area (Å²) >= 11 is 5.94. The standard InChI is InChI=1S/C11H12ClNO2/c1-6-9(5-14)4-10(12)7(2)11(6)13-8(3)15/h4-5H,1-3H3,(H,13,15). The van der Waals surface area contributed by atoms with Crippen LogP contribution in [-0.4, -0.2) is 12.2 Å². The van der Waals surface area contributed by atoms with Crippen molar-refractivity contribution in [1.82, 2.24) is 0 Å². The maximum Gasteiger partial charge on any atom is 0.221 e. The quantitative estimate of drug-likeness (QED) is 0.787. The minimum absolute atomic E-state index is 0.180. The van der Waals surface area contributed by atoms with E-state index < -0.39 is 0 Å². The second-order valence-electron chi connectivity index (χ2n) is 3.37. The van der Waals surface area contributed by atoms with Crippen LogP contribution in [-0.2, 0) is 4.79 Å². The molecule has 0 saturated heterocycles. The number of benzene rings is 1. The predicted octanol–water partition coefficient (Wildman–Crippen LogP) is 2.73. The highest BCUT2D eigenvalue weighted by Gasteiger charge is 2.11. The zero-order valence-corrected chi connectivity index (χ0v) is 9.61. The Bertz CT molecular complexity index is 427. The van der Waals surface area contributed by atoms with Gasteiger partial charge in [0.25, 0.3) is 0 Å². The smallest absolute Gasteiger partial charge is 0.221 e. The lowest BCUT2D eigenvalue weighted by Gasteiger charge is -2.13. The fourth-order valence-corrected chi connectivity index (χ4v) is 1.60. The number of halogens is 1. The lowest BCUT2D eigenvalue weighted by Crippen LogP contribution is -2.10. The zero-order valence-electron chi connectivity index (χ0n) is 8.85. The molecule has 0 spiro atoms. The molecule has 80 valence electrons. The predicted molar refractivity (Wildman–Crippen MR) is 60.6 cm³/mol. The summed E-state index contributed by atoms with van der Waals surface area (Å²) in [6, 6.07) is 1.60. The third-order valence-corrected chi connectivity index (χ3v) is 2.64. The molecule has 0 atom stereocenters. The zero-order chi connectivity index (χ0) is 11.6. The van der Waals surface area contributed by atoms with E-state index in [1.165, 1.54) is 6.92 Å². The van der Waals surface area contributed by atoms with E-state index in [1.54, 1.807) is 19.9 Å². The van der Waals surface area contributed by atoms with Crippen molar-refractivity contribution in [2.24, 2.45) is 0 Å². The maximum atomic E-state index is 11.0. The van der Waals surface area contributed by atoms with Gasteiger partial charge in [0.1, 0.15) is 6.29 Å². The van der Waals surface area contributed by atoms with Crippen molar-refractivity contribution in [3.8, 4) is 0 Å². The minimum atomic E-state index is -0.180. The van der Waals surface area contributed by atoms with Crippen LogP contribution in [0.2, 0.25) is 5.02 Å². The van der Waals surface area contributed by atoms with Crippen LogP contribution in [0.25, 0.3) is 0 Å². The fraction of sp³-hybridized carbons (Fsp3) is 0.273. The summed E-state index contributed by atoms with van der Waals surface area (Å²) in [6.07, 6.45) is 0.728. The Balaban J connectivity index is 3.39. The average molecular weight is 226 g/mol. The van der Waals surface area contributed by atoms with Crippen molar-refractivity contribution >= 4 is 29.5 Å². The topological polar surface area (TPSA) is 46.2 Å². The first-order valence-corrected chi connectivity index (χ1v) is 4.87. The molecule has 1 rings (SSSR count). The number of aldehydes is 1. The molecule has 1 aromatic carbocycles.